The van der Waals surface area contributed by atoms with Crippen molar-refractivity contribution >= 4 is 37.1 Å². The van der Waals surface area contributed by atoms with Crippen LogP contribution in [0, 0.1) is 12.1 Å². The minimum Gasteiger partial charge on any atom is -0.305 e. The average molecular weight is 795 g/mol. The zero-order chi connectivity index (χ0) is 36.4. The Labute approximate surface area is 295 Å². The van der Waals surface area contributed by atoms with Gasteiger partial charge in [0, 0.05) is 56.0 Å². The summed E-state index contributed by atoms with van der Waals surface area (Å²) in [6.07, 6.45) is 18.6. The molecule has 233 valence electrons. The molecule has 1 aromatic carbocycles. The maximum absolute atomic E-state index is 8.61. The van der Waals surface area contributed by atoms with Gasteiger partial charge in [-0.25, -0.2) is 0 Å². The molecule has 4 aromatic heterocycles. The van der Waals surface area contributed by atoms with Gasteiger partial charge in [-0.1, -0.05) is 75.0 Å². The Morgan fingerprint density at radius 2 is 1.78 bits per heavy atom. The molecule has 5 aromatic rings. The normalized spacial score (nSPS) is 18.7. The van der Waals surface area contributed by atoms with E-state index in [0.29, 0.717) is 28.3 Å². The molecule has 2 aliphatic rings. The molecule has 2 saturated carbocycles. The van der Waals surface area contributed by atoms with Crippen LogP contribution in [0.5, 0.6) is 0 Å². The Bertz CT molecular complexity index is 2170. The van der Waals surface area contributed by atoms with E-state index in [4.69, 9.17) is 14.6 Å². The molecule has 7 rings (SSSR count). The first-order valence-electron chi connectivity index (χ1n) is 19.0. The van der Waals surface area contributed by atoms with Gasteiger partial charge in [0.15, 0.2) is 0 Å². The zero-order valence-corrected chi connectivity index (χ0v) is 28.8. The summed E-state index contributed by atoms with van der Waals surface area (Å²) in [5.74, 6) is -0.292. The van der Waals surface area contributed by atoms with E-state index in [-0.39, 0.29) is 62.2 Å². The molecule has 0 atom stereocenters. The predicted octanol–water partition coefficient (Wildman–Crippen LogP) is 11.4. The number of nitrogens with zero attached hydrogens (tertiary/aromatic N) is 3. The number of allylic oxidation sites excluding steroid dienone is 4. The molecule has 3 nitrogen and oxygen atoms in total. The third-order valence-electron chi connectivity index (χ3n) is 8.32. The summed E-state index contributed by atoms with van der Waals surface area (Å²) in [5.41, 5.74) is 4.26. The Morgan fingerprint density at radius 3 is 2.56 bits per heavy atom. The van der Waals surface area contributed by atoms with Crippen LogP contribution in [0.4, 0.5) is 0 Å². The van der Waals surface area contributed by atoms with Crippen LogP contribution < -0.4 is 0 Å². The second-order valence-electron chi connectivity index (χ2n) is 11.6. The van der Waals surface area contributed by atoms with Gasteiger partial charge >= 0.3 is 0 Å². The molecule has 1 radical (unpaired) electrons. The van der Waals surface area contributed by atoms with Gasteiger partial charge in [-0.05, 0) is 65.3 Å². The number of aromatic nitrogens is 3. The monoisotopic (exact) mass is 795 g/mol. The van der Waals surface area contributed by atoms with E-state index in [1.54, 1.807) is 23.6 Å². The topological polar surface area (TPSA) is 38.7 Å². The standard InChI is InChI=1S/C22H19N2S.C18H22N.Ir/c1-2-7-15(8-3-1)21-20-17-10-6-9-16(18-11-4-5-13-23-18)22(17)25-19(20)12-14-24-21;1-14(2)9-10-15(3)18-12-11-17(13-19-18)16-7-5-4-6-8-16;/h4-6,10-15H,1-3,7-8H2;9,11-13,16H,1,3-8H2,2H3;/q2*-1;/i4D,5D,11D,13D;11D,12D,16D;. The van der Waals surface area contributed by atoms with Crippen molar-refractivity contribution in [1.29, 1.82) is 0 Å². The molecule has 2 fully saturated rings. The molecule has 0 aliphatic heterocycles. The summed E-state index contributed by atoms with van der Waals surface area (Å²) in [6.45, 7) is 9.47. The smallest absolute Gasteiger partial charge is 0.0830 e. The Hall–Kier alpha value is -3.24. The summed E-state index contributed by atoms with van der Waals surface area (Å²) in [4.78, 5) is 13.2. The van der Waals surface area contributed by atoms with Gasteiger partial charge in [-0.15, -0.1) is 53.6 Å². The number of hydrogen-bond acceptors (Lipinski definition) is 4. The summed E-state index contributed by atoms with van der Waals surface area (Å²) in [5, 5.41) is 2.25. The number of fused-ring (bicyclic) bond motifs is 3. The van der Waals surface area contributed by atoms with Gasteiger partial charge in [-0.3, -0.25) is 4.98 Å². The fourth-order valence-corrected chi connectivity index (χ4v) is 7.31. The molecule has 0 saturated heterocycles. The van der Waals surface area contributed by atoms with E-state index >= 15 is 0 Å². The van der Waals surface area contributed by atoms with Crippen molar-refractivity contribution in [3.8, 4) is 11.3 Å². The van der Waals surface area contributed by atoms with Crippen LogP contribution in [-0.4, -0.2) is 15.0 Å². The fourth-order valence-electron chi connectivity index (χ4n) is 6.10. The summed E-state index contributed by atoms with van der Waals surface area (Å²) in [6, 6.07) is 8.50. The van der Waals surface area contributed by atoms with E-state index in [0.717, 1.165) is 58.2 Å². The van der Waals surface area contributed by atoms with Gasteiger partial charge in [0.1, 0.15) is 0 Å². The van der Waals surface area contributed by atoms with Crippen LogP contribution in [0.15, 0.2) is 91.8 Å². The molecule has 5 heteroatoms. The van der Waals surface area contributed by atoms with Crippen LogP contribution in [-0.2, 0) is 20.1 Å². The maximum atomic E-state index is 8.61. The van der Waals surface area contributed by atoms with Gasteiger partial charge in [0.2, 0.25) is 0 Å². The number of hydrogen-bond donors (Lipinski definition) is 0. The van der Waals surface area contributed by atoms with E-state index in [1.807, 2.05) is 31.3 Å². The van der Waals surface area contributed by atoms with Crippen molar-refractivity contribution in [1.82, 2.24) is 15.0 Å². The van der Waals surface area contributed by atoms with Gasteiger partial charge in [-0.2, -0.15) is 17.9 Å². The minimum atomic E-state index is -0.769. The molecule has 2 aliphatic carbocycles. The molecular weight excluding hydrogens is 747 g/mol. The molecule has 0 spiro atoms. The Kier molecular flexibility index (Phi) is 8.78. The second kappa shape index (κ2) is 15.8. The molecular formula is C40H41IrN3S-2. The Balaban J connectivity index is 0.000000205. The third kappa shape index (κ3) is 7.95. The van der Waals surface area contributed by atoms with Gasteiger partial charge < -0.3 is 9.97 Å². The molecule has 0 amide bonds. The molecule has 45 heavy (non-hydrogen) atoms. The predicted molar refractivity (Wildman–Crippen MR) is 187 cm³/mol. The number of benzene rings is 1. The fraction of sp³-hybridized carbons (Fsp3) is 0.325. The first kappa shape index (κ1) is 24.9. The number of rotatable bonds is 6. The first-order valence-corrected chi connectivity index (χ1v) is 16.3. The first-order chi connectivity index (χ1) is 24.4. The van der Waals surface area contributed by atoms with Crippen LogP contribution in [0.2, 0.25) is 0 Å². The molecule has 0 unspecified atom stereocenters. The summed E-state index contributed by atoms with van der Waals surface area (Å²) in [7, 11) is 0. The average Bonchev–Trinajstić information content (AvgIpc) is 3.52. The SMILES string of the molecule is [2H]c1c(C2([2H])CCCCC2)cnc(C(=C)[C-]=CC(=C)C)c1[2H].[2H]c1nc(-c2[c-]ccc3c2sc2ccnc(C4CCCCC4)c23)c([2H])c([2H])c1[2H].[Ir]. The summed E-state index contributed by atoms with van der Waals surface area (Å²) < 4.78 is 59.1. The molecule has 0 N–H and O–H groups in total. The van der Waals surface area contributed by atoms with Gasteiger partial charge in [0.25, 0.3) is 0 Å². The van der Waals surface area contributed by atoms with Crippen LogP contribution in [0.3, 0.4) is 0 Å². The number of thiophene rings is 1. The van der Waals surface area contributed by atoms with Crippen LogP contribution in [0.25, 0.3) is 37.0 Å². The van der Waals surface area contributed by atoms with Crippen molar-refractivity contribution in [3.63, 3.8) is 0 Å². The van der Waals surface area contributed by atoms with Crippen molar-refractivity contribution in [3.05, 3.63) is 121 Å². The minimum absolute atomic E-state index is 0. The quantitative estimate of drug-likeness (QED) is 0.127. The zero-order valence-electron chi connectivity index (χ0n) is 32.6. The van der Waals surface area contributed by atoms with E-state index in [1.165, 1.54) is 37.5 Å². The summed E-state index contributed by atoms with van der Waals surface area (Å²) >= 11 is 1.62. The van der Waals surface area contributed by atoms with E-state index in [9.17, 15) is 0 Å². The molecule has 0 bridgehead atoms. The van der Waals surface area contributed by atoms with Gasteiger partial charge in [0.05, 0.1) is 13.9 Å². The van der Waals surface area contributed by atoms with Crippen molar-refractivity contribution in [2.24, 2.45) is 0 Å². The Morgan fingerprint density at radius 1 is 1.00 bits per heavy atom. The van der Waals surface area contributed by atoms with Crippen molar-refractivity contribution in [2.75, 3.05) is 0 Å². The largest absolute Gasteiger partial charge is 0.305 e. The molecule has 4 heterocycles. The second-order valence-corrected chi connectivity index (χ2v) is 12.6. The van der Waals surface area contributed by atoms with E-state index < -0.39 is 5.89 Å². The van der Waals surface area contributed by atoms with E-state index in [2.05, 4.69) is 35.3 Å². The maximum Gasteiger partial charge on any atom is 0.0830 e. The van der Waals surface area contributed by atoms with Crippen LogP contribution in [0.1, 0.15) is 109 Å². The number of pyridine rings is 3. The van der Waals surface area contributed by atoms with Crippen molar-refractivity contribution < 1.29 is 29.7 Å². The van der Waals surface area contributed by atoms with Crippen molar-refractivity contribution in [2.45, 2.75) is 82.9 Å². The van der Waals surface area contributed by atoms with Crippen LogP contribution >= 0.6 is 11.3 Å². The third-order valence-corrected chi connectivity index (χ3v) is 9.51.